The van der Waals surface area contributed by atoms with Crippen molar-refractivity contribution in [2.24, 2.45) is 0 Å². The Balaban J connectivity index is 1.64. The van der Waals surface area contributed by atoms with Crippen molar-refractivity contribution in [1.29, 1.82) is 0 Å². The van der Waals surface area contributed by atoms with E-state index in [0.717, 1.165) is 19.5 Å². The summed E-state index contributed by atoms with van der Waals surface area (Å²) in [5.41, 5.74) is 3.93. The molecule has 3 aromatic rings. The van der Waals surface area contributed by atoms with Crippen molar-refractivity contribution >= 4 is 0 Å². The van der Waals surface area contributed by atoms with E-state index in [1.165, 1.54) is 16.7 Å². The lowest BCUT2D eigenvalue weighted by Crippen LogP contribution is -2.34. The Kier molecular flexibility index (Phi) is 4.13. The van der Waals surface area contributed by atoms with Gasteiger partial charge in [0.2, 0.25) is 11.8 Å². The molecule has 2 aromatic heterocycles. The van der Waals surface area contributed by atoms with Gasteiger partial charge in [0, 0.05) is 37.8 Å². The van der Waals surface area contributed by atoms with Crippen LogP contribution in [0.3, 0.4) is 0 Å². The molecule has 130 valence electrons. The Morgan fingerprint density at radius 3 is 2.68 bits per heavy atom. The average Bonchev–Trinajstić information content (AvgIpc) is 3.23. The SMILES string of the molecule is Cc1nnc(C2Cc3ccccc3CN2Cc2cnn(C(C)C)c2)o1. The summed E-state index contributed by atoms with van der Waals surface area (Å²) in [5, 5.41) is 12.8. The van der Waals surface area contributed by atoms with Crippen molar-refractivity contribution in [3.63, 3.8) is 0 Å². The van der Waals surface area contributed by atoms with E-state index in [0.29, 0.717) is 17.8 Å². The van der Waals surface area contributed by atoms with Gasteiger partial charge in [0.05, 0.1) is 12.2 Å². The van der Waals surface area contributed by atoms with Crippen LogP contribution in [0.15, 0.2) is 41.1 Å². The fourth-order valence-electron chi connectivity index (χ4n) is 3.41. The van der Waals surface area contributed by atoms with E-state index in [-0.39, 0.29) is 6.04 Å². The van der Waals surface area contributed by atoms with Crippen LogP contribution < -0.4 is 0 Å². The molecule has 6 nitrogen and oxygen atoms in total. The van der Waals surface area contributed by atoms with Gasteiger partial charge in [0.25, 0.3) is 0 Å². The summed E-state index contributed by atoms with van der Waals surface area (Å²) in [6.45, 7) is 7.79. The molecule has 1 aliphatic heterocycles. The maximum Gasteiger partial charge on any atom is 0.233 e. The van der Waals surface area contributed by atoms with Crippen LogP contribution in [0, 0.1) is 6.92 Å². The van der Waals surface area contributed by atoms with Crippen LogP contribution in [0.25, 0.3) is 0 Å². The maximum absolute atomic E-state index is 5.76. The van der Waals surface area contributed by atoms with Crippen molar-refractivity contribution < 1.29 is 4.42 Å². The number of aryl methyl sites for hydroxylation is 1. The first-order valence-corrected chi connectivity index (χ1v) is 8.74. The van der Waals surface area contributed by atoms with Crippen LogP contribution in [-0.4, -0.2) is 24.9 Å². The van der Waals surface area contributed by atoms with Crippen LogP contribution in [-0.2, 0) is 19.5 Å². The smallest absolute Gasteiger partial charge is 0.233 e. The van der Waals surface area contributed by atoms with E-state index >= 15 is 0 Å². The number of benzene rings is 1. The zero-order valence-corrected chi connectivity index (χ0v) is 14.9. The van der Waals surface area contributed by atoms with Crippen molar-refractivity contribution in [3.8, 4) is 0 Å². The second-order valence-electron chi connectivity index (χ2n) is 6.98. The molecular formula is C19H23N5O. The molecule has 0 bridgehead atoms. The molecule has 6 heteroatoms. The van der Waals surface area contributed by atoms with Crippen molar-refractivity contribution in [1.82, 2.24) is 24.9 Å². The highest BCUT2D eigenvalue weighted by Crippen LogP contribution is 2.33. The number of nitrogens with zero attached hydrogens (tertiary/aromatic N) is 5. The fourth-order valence-corrected chi connectivity index (χ4v) is 3.41. The van der Waals surface area contributed by atoms with Gasteiger partial charge in [-0.05, 0) is 31.4 Å². The van der Waals surface area contributed by atoms with Gasteiger partial charge < -0.3 is 4.42 Å². The quantitative estimate of drug-likeness (QED) is 0.730. The molecule has 1 unspecified atom stereocenters. The summed E-state index contributed by atoms with van der Waals surface area (Å²) in [6, 6.07) is 9.06. The van der Waals surface area contributed by atoms with Gasteiger partial charge in [-0.2, -0.15) is 5.10 Å². The number of rotatable bonds is 4. The van der Waals surface area contributed by atoms with E-state index in [1.54, 1.807) is 0 Å². The highest BCUT2D eigenvalue weighted by Gasteiger charge is 2.31. The minimum atomic E-state index is 0.0958. The van der Waals surface area contributed by atoms with Gasteiger partial charge in [0.1, 0.15) is 0 Å². The summed E-state index contributed by atoms with van der Waals surface area (Å²) in [7, 11) is 0. The van der Waals surface area contributed by atoms with E-state index in [4.69, 9.17) is 4.42 Å². The lowest BCUT2D eigenvalue weighted by atomic mass is 9.93. The van der Waals surface area contributed by atoms with E-state index in [9.17, 15) is 0 Å². The van der Waals surface area contributed by atoms with Gasteiger partial charge in [-0.25, -0.2) is 0 Å². The van der Waals surface area contributed by atoms with Crippen LogP contribution >= 0.6 is 0 Å². The minimum absolute atomic E-state index is 0.0958. The third-order valence-electron chi connectivity index (χ3n) is 4.74. The van der Waals surface area contributed by atoms with Gasteiger partial charge in [0.15, 0.2) is 0 Å². The molecule has 4 rings (SSSR count). The third kappa shape index (κ3) is 3.22. The monoisotopic (exact) mass is 337 g/mol. The maximum atomic E-state index is 5.76. The standard InChI is InChI=1S/C19H23N5O/c1-13(2)24-11-15(9-20-24)10-23-12-17-7-5-4-6-16(17)8-18(23)19-22-21-14(3)25-19/h4-7,9,11,13,18H,8,10,12H2,1-3H3. The fraction of sp³-hybridized carbons (Fsp3) is 0.421. The molecule has 0 spiro atoms. The minimum Gasteiger partial charge on any atom is -0.424 e. The molecule has 0 fully saturated rings. The Hall–Kier alpha value is -2.47. The van der Waals surface area contributed by atoms with Gasteiger partial charge >= 0.3 is 0 Å². The number of aromatic nitrogens is 4. The van der Waals surface area contributed by atoms with Crippen LogP contribution in [0.5, 0.6) is 0 Å². The zero-order valence-electron chi connectivity index (χ0n) is 14.9. The average molecular weight is 337 g/mol. The van der Waals surface area contributed by atoms with E-state index < -0.39 is 0 Å². The molecular weight excluding hydrogens is 314 g/mol. The number of fused-ring (bicyclic) bond motifs is 1. The van der Waals surface area contributed by atoms with Crippen LogP contribution in [0.2, 0.25) is 0 Å². The first kappa shape index (κ1) is 16.0. The topological polar surface area (TPSA) is 60.0 Å². The van der Waals surface area contributed by atoms with Crippen LogP contribution in [0.4, 0.5) is 0 Å². The molecule has 0 radical (unpaired) electrons. The Labute approximate surface area is 147 Å². The second-order valence-corrected chi connectivity index (χ2v) is 6.98. The first-order valence-electron chi connectivity index (χ1n) is 8.74. The molecule has 0 saturated carbocycles. The van der Waals surface area contributed by atoms with Crippen molar-refractivity contribution in [3.05, 3.63) is 65.1 Å². The molecule has 1 atom stereocenters. The molecule has 3 heterocycles. The molecule has 1 aromatic carbocycles. The molecule has 0 aliphatic carbocycles. The Morgan fingerprint density at radius 1 is 1.20 bits per heavy atom. The Bertz CT molecular complexity index is 866. The lowest BCUT2D eigenvalue weighted by Gasteiger charge is -2.34. The zero-order chi connectivity index (χ0) is 17.4. The first-order chi connectivity index (χ1) is 12.1. The summed E-state index contributed by atoms with van der Waals surface area (Å²) in [5.74, 6) is 1.31. The molecule has 0 amide bonds. The van der Waals surface area contributed by atoms with Crippen molar-refractivity contribution in [2.75, 3.05) is 0 Å². The highest BCUT2D eigenvalue weighted by molar-refractivity contribution is 5.31. The van der Waals surface area contributed by atoms with E-state index in [2.05, 4.69) is 64.5 Å². The molecule has 1 aliphatic rings. The summed E-state index contributed by atoms with van der Waals surface area (Å²) >= 11 is 0. The van der Waals surface area contributed by atoms with E-state index in [1.807, 2.05) is 17.8 Å². The highest BCUT2D eigenvalue weighted by atomic mass is 16.4. The summed E-state index contributed by atoms with van der Waals surface area (Å²) in [6.07, 6.45) is 4.97. The van der Waals surface area contributed by atoms with Crippen molar-refractivity contribution in [2.45, 2.75) is 52.4 Å². The molecule has 25 heavy (non-hydrogen) atoms. The predicted octanol–water partition coefficient (Wildman–Crippen LogP) is 3.46. The Morgan fingerprint density at radius 2 is 2.00 bits per heavy atom. The number of hydrogen-bond donors (Lipinski definition) is 0. The lowest BCUT2D eigenvalue weighted by molar-refractivity contribution is 0.137. The molecule has 0 N–H and O–H groups in total. The largest absolute Gasteiger partial charge is 0.424 e. The van der Waals surface area contributed by atoms with Crippen LogP contribution in [0.1, 0.15) is 54.4 Å². The van der Waals surface area contributed by atoms with Gasteiger partial charge in [-0.3, -0.25) is 9.58 Å². The second kappa shape index (κ2) is 6.44. The normalized spacial score (nSPS) is 17.8. The van der Waals surface area contributed by atoms with Gasteiger partial charge in [-0.1, -0.05) is 24.3 Å². The third-order valence-corrected chi connectivity index (χ3v) is 4.74. The number of hydrogen-bond acceptors (Lipinski definition) is 5. The summed E-state index contributed by atoms with van der Waals surface area (Å²) in [4.78, 5) is 2.40. The predicted molar refractivity (Wildman–Crippen MR) is 93.8 cm³/mol. The van der Waals surface area contributed by atoms with Gasteiger partial charge in [-0.15, -0.1) is 10.2 Å². The molecule has 0 saturated heterocycles. The summed E-state index contributed by atoms with van der Waals surface area (Å²) < 4.78 is 7.76.